The van der Waals surface area contributed by atoms with Gasteiger partial charge in [-0.1, -0.05) is 36.4 Å². The number of carbonyl (C=O) groups is 3. The van der Waals surface area contributed by atoms with Gasteiger partial charge in [0.15, 0.2) is 0 Å². The average molecular weight is 388 g/mol. The Bertz CT molecular complexity index is 986. The van der Waals surface area contributed by atoms with Crippen LogP contribution in [0.4, 0.5) is 13.2 Å². The Labute approximate surface area is 158 Å². The number of piperidine rings is 1. The van der Waals surface area contributed by atoms with Crippen LogP contribution in [0.5, 0.6) is 0 Å². The maximum atomic E-state index is 13.7. The summed E-state index contributed by atoms with van der Waals surface area (Å²) in [5.74, 6) is -1.65. The summed E-state index contributed by atoms with van der Waals surface area (Å²) in [6.45, 7) is 0.0262. The van der Waals surface area contributed by atoms with E-state index >= 15 is 0 Å². The van der Waals surface area contributed by atoms with Crippen LogP contribution in [0.3, 0.4) is 0 Å². The molecule has 1 saturated heterocycles. The first-order valence-electron chi connectivity index (χ1n) is 8.70. The monoisotopic (exact) mass is 388 g/mol. The lowest BCUT2D eigenvalue weighted by Gasteiger charge is -2.29. The van der Waals surface area contributed by atoms with Gasteiger partial charge in [-0.3, -0.25) is 19.7 Å². The molecule has 2 heterocycles. The topological polar surface area (TPSA) is 66.5 Å². The first kappa shape index (κ1) is 18.2. The van der Waals surface area contributed by atoms with Crippen LogP contribution >= 0.6 is 0 Å². The highest BCUT2D eigenvalue weighted by Gasteiger charge is 2.43. The number of alkyl halides is 3. The predicted molar refractivity (Wildman–Crippen MR) is 92.9 cm³/mol. The van der Waals surface area contributed by atoms with Crippen LogP contribution in [0.15, 0.2) is 42.5 Å². The zero-order chi connectivity index (χ0) is 20.1. The van der Waals surface area contributed by atoms with Crippen molar-refractivity contribution in [2.24, 2.45) is 0 Å². The Kier molecular flexibility index (Phi) is 4.21. The van der Waals surface area contributed by atoms with Crippen LogP contribution in [0.1, 0.15) is 34.3 Å². The molecule has 3 amide bonds. The highest BCUT2D eigenvalue weighted by molar-refractivity contribution is 6.09. The Hall–Kier alpha value is -3.16. The molecule has 0 bridgehead atoms. The lowest BCUT2D eigenvalue weighted by molar-refractivity contribution is -0.138. The molecular weight excluding hydrogens is 373 g/mol. The maximum Gasteiger partial charge on any atom is 0.417 e. The SMILES string of the molecule is O=C1CCC(N2Cc3ccc(C(F)(F)F)c(-c4ccccc4)c3C2=O)C(=O)N1. The van der Waals surface area contributed by atoms with Gasteiger partial charge < -0.3 is 4.90 Å². The fourth-order valence-corrected chi connectivity index (χ4v) is 3.79. The molecule has 1 unspecified atom stereocenters. The van der Waals surface area contributed by atoms with E-state index < -0.39 is 35.5 Å². The fraction of sp³-hybridized carbons (Fsp3) is 0.250. The number of nitrogens with zero attached hydrogens (tertiary/aromatic N) is 1. The van der Waals surface area contributed by atoms with Crippen molar-refractivity contribution in [2.75, 3.05) is 0 Å². The predicted octanol–water partition coefficient (Wildman–Crippen LogP) is 3.13. The molecule has 0 saturated carbocycles. The number of benzene rings is 2. The molecule has 4 rings (SSSR count). The quantitative estimate of drug-likeness (QED) is 0.804. The van der Waals surface area contributed by atoms with E-state index in [9.17, 15) is 27.6 Å². The van der Waals surface area contributed by atoms with Gasteiger partial charge in [-0.15, -0.1) is 0 Å². The Morgan fingerprint density at radius 1 is 0.964 bits per heavy atom. The minimum Gasteiger partial charge on any atom is -0.322 e. The number of amides is 3. The van der Waals surface area contributed by atoms with Gasteiger partial charge in [0.1, 0.15) is 6.04 Å². The molecule has 2 aromatic carbocycles. The van der Waals surface area contributed by atoms with Crippen molar-refractivity contribution in [3.8, 4) is 11.1 Å². The maximum absolute atomic E-state index is 13.7. The van der Waals surface area contributed by atoms with E-state index in [1.165, 1.54) is 23.1 Å². The summed E-state index contributed by atoms with van der Waals surface area (Å²) in [7, 11) is 0. The molecule has 2 aliphatic heterocycles. The Morgan fingerprint density at radius 2 is 1.68 bits per heavy atom. The number of hydrogen-bond acceptors (Lipinski definition) is 3. The number of halogens is 3. The van der Waals surface area contributed by atoms with E-state index in [-0.39, 0.29) is 36.1 Å². The number of nitrogens with one attached hydrogen (secondary N) is 1. The third-order valence-electron chi connectivity index (χ3n) is 5.06. The second-order valence-corrected chi connectivity index (χ2v) is 6.79. The summed E-state index contributed by atoms with van der Waals surface area (Å²) >= 11 is 0. The van der Waals surface area contributed by atoms with Gasteiger partial charge >= 0.3 is 6.18 Å². The third-order valence-corrected chi connectivity index (χ3v) is 5.06. The summed E-state index contributed by atoms with van der Waals surface area (Å²) in [6, 6.07) is 9.31. The molecule has 0 aromatic heterocycles. The highest BCUT2D eigenvalue weighted by Crippen LogP contribution is 2.43. The van der Waals surface area contributed by atoms with Gasteiger partial charge in [0.25, 0.3) is 5.91 Å². The van der Waals surface area contributed by atoms with Crippen LogP contribution in [0.25, 0.3) is 11.1 Å². The molecule has 0 spiro atoms. The van der Waals surface area contributed by atoms with Gasteiger partial charge in [-0.05, 0) is 23.6 Å². The number of carbonyl (C=O) groups excluding carboxylic acids is 3. The zero-order valence-electron chi connectivity index (χ0n) is 14.5. The average Bonchev–Trinajstić information content (AvgIpc) is 2.98. The lowest BCUT2D eigenvalue weighted by atomic mass is 9.91. The normalized spacial score (nSPS) is 19.6. The number of fused-ring (bicyclic) bond motifs is 1. The number of rotatable bonds is 2. The highest BCUT2D eigenvalue weighted by atomic mass is 19.4. The molecule has 144 valence electrons. The number of hydrogen-bond donors (Lipinski definition) is 1. The molecule has 1 atom stereocenters. The molecule has 0 radical (unpaired) electrons. The molecule has 8 heteroatoms. The van der Waals surface area contributed by atoms with Crippen LogP contribution in [-0.4, -0.2) is 28.7 Å². The number of imide groups is 1. The van der Waals surface area contributed by atoms with Crippen molar-refractivity contribution in [3.05, 3.63) is 59.2 Å². The Balaban J connectivity index is 1.83. The van der Waals surface area contributed by atoms with Gasteiger partial charge in [0, 0.05) is 18.5 Å². The summed E-state index contributed by atoms with van der Waals surface area (Å²) in [5, 5.41) is 2.18. The smallest absolute Gasteiger partial charge is 0.322 e. The largest absolute Gasteiger partial charge is 0.417 e. The van der Waals surface area contributed by atoms with Crippen LogP contribution in [0, 0.1) is 0 Å². The van der Waals surface area contributed by atoms with E-state index in [1.807, 2.05) is 0 Å². The third kappa shape index (κ3) is 2.94. The summed E-state index contributed by atoms with van der Waals surface area (Å²) in [6.07, 6.45) is -4.41. The van der Waals surface area contributed by atoms with Crippen molar-refractivity contribution in [3.63, 3.8) is 0 Å². The van der Waals surface area contributed by atoms with Crippen LogP contribution < -0.4 is 5.32 Å². The summed E-state index contributed by atoms with van der Waals surface area (Å²) in [4.78, 5) is 37.9. The van der Waals surface area contributed by atoms with Crippen LogP contribution in [-0.2, 0) is 22.3 Å². The first-order valence-corrected chi connectivity index (χ1v) is 8.70. The molecule has 5 nitrogen and oxygen atoms in total. The lowest BCUT2D eigenvalue weighted by Crippen LogP contribution is -2.52. The van der Waals surface area contributed by atoms with Gasteiger partial charge in [0.05, 0.1) is 11.1 Å². The Morgan fingerprint density at radius 3 is 2.32 bits per heavy atom. The second kappa shape index (κ2) is 6.47. The van der Waals surface area contributed by atoms with Crippen molar-refractivity contribution < 1.29 is 27.6 Å². The van der Waals surface area contributed by atoms with E-state index in [0.29, 0.717) is 5.56 Å². The van der Waals surface area contributed by atoms with Gasteiger partial charge in [0.2, 0.25) is 11.8 Å². The second-order valence-electron chi connectivity index (χ2n) is 6.79. The van der Waals surface area contributed by atoms with E-state index in [2.05, 4.69) is 5.32 Å². The van der Waals surface area contributed by atoms with Crippen molar-refractivity contribution in [1.82, 2.24) is 10.2 Å². The van der Waals surface area contributed by atoms with Crippen LogP contribution in [0.2, 0.25) is 0 Å². The van der Waals surface area contributed by atoms with Crippen molar-refractivity contribution >= 4 is 17.7 Å². The molecule has 1 N–H and O–H groups in total. The molecular formula is C20H15F3N2O3. The molecule has 1 fully saturated rings. The summed E-state index contributed by atoms with van der Waals surface area (Å²) in [5.41, 5.74) is -0.390. The molecule has 0 aliphatic carbocycles. The fourth-order valence-electron chi connectivity index (χ4n) is 3.79. The molecule has 2 aliphatic rings. The first-order chi connectivity index (χ1) is 13.3. The van der Waals surface area contributed by atoms with Crippen molar-refractivity contribution in [2.45, 2.75) is 31.6 Å². The van der Waals surface area contributed by atoms with E-state index in [0.717, 1.165) is 6.07 Å². The minimum atomic E-state index is -4.64. The minimum absolute atomic E-state index is 0.0262. The van der Waals surface area contributed by atoms with Crippen molar-refractivity contribution in [1.29, 1.82) is 0 Å². The molecule has 2 aromatic rings. The van der Waals surface area contributed by atoms with Gasteiger partial charge in [-0.25, -0.2) is 0 Å². The standard InChI is InChI=1S/C20H15F3N2O3/c21-20(22,23)13-7-6-12-10-25(14-8-9-15(26)24-18(14)27)19(28)17(12)16(13)11-4-2-1-3-5-11/h1-7,14H,8-10H2,(H,24,26,27). The zero-order valence-corrected chi connectivity index (χ0v) is 14.5. The van der Waals surface area contributed by atoms with E-state index in [1.54, 1.807) is 18.2 Å². The van der Waals surface area contributed by atoms with Gasteiger partial charge in [-0.2, -0.15) is 13.2 Å². The molecule has 28 heavy (non-hydrogen) atoms. The van der Waals surface area contributed by atoms with E-state index in [4.69, 9.17) is 0 Å². The summed E-state index contributed by atoms with van der Waals surface area (Å²) < 4.78 is 41.0.